The van der Waals surface area contributed by atoms with Gasteiger partial charge >= 0.3 is 0 Å². The average molecular weight is 242 g/mol. The molecule has 0 saturated heterocycles. The van der Waals surface area contributed by atoms with Crippen LogP contribution in [0.15, 0.2) is 6.33 Å². The van der Waals surface area contributed by atoms with Crippen molar-refractivity contribution >= 4 is 17.4 Å². The second kappa shape index (κ2) is 5.00. The van der Waals surface area contributed by atoms with Crippen LogP contribution >= 0.6 is 11.6 Å². The Labute approximate surface area is 103 Å². The maximum atomic E-state index is 6.07. The quantitative estimate of drug-likeness (QED) is 0.762. The Kier molecular flexibility index (Phi) is 4.14. The highest BCUT2D eigenvalue weighted by Gasteiger charge is 2.18. The van der Waals surface area contributed by atoms with Gasteiger partial charge < -0.3 is 4.90 Å². The Hall–Kier alpha value is -0.830. The van der Waals surface area contributed by atoms with Gasteiger partial charge in [0.15, 0.2) is 0 Å². The van der Waals surface area contributed by atoms with Crippen LogP contribution in [-0.4, -0.2) is 23.6 Å². The van der Waals surface area contributed by atoms with Gasteiger partial charge in [-0.25, -0.2) is 9.97 Å². The van der Waals surface area contributed by atoms with E-state index in [0.29, 0.717) is 5.15 Å². The SMILES string of the molecule is CCc1c(Cl)ncnc1N(C)CC(C)(C)C. The van der Waals surface area contributed by atoms with E-state index in [1.54, 1.807) is 0 Å². The summed E-state index contributed by atoms with van der Waals surface area (Å²) in [7, 11) is 2.04. The van der Waals surface area contributed by atoms with Gasteiger partial charge in [0.2, 0.25) is 0 Å². The molecule has 0 radical (unpaired) electrons. The molecule has 0 saturated carbocycles. The van der Waals surface area contributed by atoms with E-state index in [9.17, 15) is 0 Å². The summed E-state index contributed by atoms with van der Waals surface area (Å²) in [5, 5.41) is 0.563. The van der Waals surface area contributed by atoms with E-state index < -0.39 is 0 Å². The van der Waals surface area contributed by atoms with Gasteiger partial charge in [0.1, 0.15) is 17.3 Å². The summed E-state index contributed by atoms with van der Waals surface area (Å²) in [6.45, 7) is 9.63. The molecule has 0 fully saturated rings. The molecule has 3 nitrogen and oxygen atoms in total. The van der Waals surface area contributed by atoms with Gasteiger partial charge in [-0.05, 0) is 11.8 Å². The Morgan fingerprint density at radius 1 is 1.31 bits per heavy atom. The fraction of sp³-hybridized carbons (Fsp3) is 0.667. The van der Waals surface area contributed by atoms with E-state index in [-0.39, 0.29) is 5.41 Å². The molecule has 0 aliphatic carbocycles. The average Bonchev–Trinajstić information content (AvgIpc) is 2.14. The Bertz CT molecular complexity index is 358. The van der Waals surface area contributed by atoms with E-state index in [1.165, 1.54) is 6.33 Å². The molecule has 16 heavy (non-hydrogen) atoms. The molecule has 0 unspecified atom stereocenters. The standard InChI is InChI=1S/C12H20ClN3/c1-6-9-10(13)14-8-15-11(9)16(5)7-12(2,3)4/h8H,6-7H2,1-5H3. The highest BCUT2D eigenvalue weighted by Crippen LogP contribution is 2.25. The van der Waals surface area contributed by atoms with E-state index in [1.807, 2.05) is 7.05 Å². The third-order valence-corrected chi connectivity index (χ3v) is 2.62. The van der Waals surface area contributed by atoms with Crippen molar-refractivity contribution in [2.45, 2.75) is 34.1 Å². The summed E-state index contributed by atoms with van der Waals surface area (Å²) >= 11 is 6.07. The summed E-state index contributed by atoms with van der Waals surface area (Å²) in [5.74, 6) is 0.942. The maximum absolute atomic E-state index is 6.07. The van der Waals surface area contributed by atoms with Crippen LogP contribution in [0.25, 0.3) is 0 Å². The predicted octanol–water partition coefficient (Wildman–Crippen LogP) is 3.17. The van der Waals surface area contributed by atoms with Crippen molar-refractivity contribution in [1.82, 2.24) is 9.97 Å². The molecular weight excluding hydrogens is 222 g/mol. The molecule has 4 heteroatoms. The van der Waals surface area contributed by atoms with E-state index in [2.05, 4.69) is 42.6 Å². The second-order valence-electron chi connectivity index (χ2n) is 5.24. The topological polar surface area (TPSA) is 29.0 Å². The number of aromatic nitrogens is 2. The number of halogens is 1. The number of anilines is 1. The first kappa shape index (κ1) is 13.2. The van der Waals surface area contributed by atoms with Crippen LogP contribution < -0.4 is 4.90 Å². The lowest BCUT2D eigenvalue weighted by molar-refractivity contribution is 0.417. The normalized spacial score (nSPS) is 11.6. The lowest BCUT2D eigenvalue weighted by Gasteiger charge is -2.28. The van der Waals surface area contributed by atoms with Crippen molar-refractivity contribution in [1.29, 1.82) is 0 Å². The predicted molar refractivity (Wildman–Crippen MR) is 69.1 cm³/mol. The first-order valence-corrected chi connectivity index (χ1v) is 5.93. The van der Waals surface area contributed by atoms with E-state index >= 15 is 0 Å². The molecule has 0 N–H and O–H groups in total. The highest BCUT2D eigenvalue weighted by molar-refractivity contribution is 6.30. The minimum Gasteiger partial charge on any atom is -0.359 e. The molecule has 0 spiro atoms. The Morgan fingerprint density at radius 2 is 1.94 bits per heavy atom. The maximum Gasteiger partial charge on any atom is 0.137 e. The van der Waals surface area contributed by atoms with Crippen LogP contribution in [0, 0.1) is 5.41 Å². The third-order valence-electron chi connectivity index (χ3n) is 2.30. The molecule has 1 rings (SSSR count). The van der Waals surface area contributed by atoms with Crippen LogP contribution in [0.5, 0.6) is 0 Å². The largest absolute Gasteiger partial charge is 0.359 e. The highest BCUT2D eigenvalue weighted by atomic mass is 35.5. The van der Waals surface area contributed by atoms with Crippen LogP contribution in [0.2, 0.25) is 5.15 Å². The summed E-state index contributed by atoms with van der Waals surface area (Å²) < 4.78 is 0. The molecule has 1 aromatic rings. The van der Waals surface area contributed by atoms with Crippen molar-refractivity contribution in [3.05, 3.63) is 17.0 Å². The molecule has 0 aromatic carbocycles. The van der Waals surface area contributed by atoms with Crippen LogP contribution in [-0.2, 0) is 6.42 Å². The van der Waals surface area contributed by atoms with Crippen LogP contribution in [0.3, 0.4) is 0 Å². The molecule has 1 aromatic heterocycles. The number of nitrogens with zero attached hydrogens (tertiary/aromatic N) is 3. The summed E-state index contributed by atoms with van der Waals surface area (Å²) in [6.07, 6.45) is 2.37. The second-order valence-corrected chi connectivity index (χ2v) is 5.59. The zero-order valence-corrected chi connectivity index (χ0v) is 11.5. The lowest BCUT2D eigenvalue weighted by Crippen LogP contribution is -2.30. The monoisotopic (exact) mass is 241 g/mol. The zero-order chi connectivity index (χ0) is 12.3. The Balaban J connectivity index is 2.99. The smallest absolute Gasteiger partial charge is 0.137 e. The minimum absolute atomic E-state index is 0.233. The van der Waals surface area contributed by atoms with E-state index in [0.717, 1.165) is 24.3 Å². The van der Waals surface area contributed by atoms with Gasteiger partial charge in [0, 0.05) is 19.2 Å². The zero-order valence-electron chi connectivity index (χ0n) is 10.7. The van der Waals surface area contributed by atoms with Crippen molar-refractivity contribution < 1.29 is 0 Å². The van der Waals surface area contributed by atoms with Gasteiger partial charge in [-0.1, -0.05) is 39.3 Å². The molecule has 1 heterocycles. The minimum atomic E-state index is 0.233. The molecule has 90 valence electrons. The van der Waals surface area contributed by atoms with Crippen molar-refractivity contribution in [3.63, 3.8) is 0 Å². The molecule has 0 aliphatic rings. The van der Waals surface area contributed by atoms with Crippen molar-refractivity contribution in [2.24, 2.45) is 5.41 Å². The fourth-order valence-corrected chi connectivity index (χ4v) is 2.06. The molecule has 0 amide bonds. The summed E-state index contributed by atoms with van der Waals surface area (Å²) in [4.78, 5) is 10.5. The van der Waals surface area contributed by atoms with Crippen molar-refractivity contribution in [2.75, 3.05) is 18.5 Å². The molecule has 0 aliphatic heterocycles. The van der Waals surface area contributed by atoms with Crippen LogP contribution in [0.1, 0.15) is 33.3 Å². The van der Waals surface area contributed by atoms with Crippen molar-refractivity contribution in [3.8, 4) is 0 Å². The van der Waals surface area contributed by atoms with Gasteiger partial charge in [-0.3, -0.25) is 0 Å². The van der Waals surface area contributed by atoms with Gasteiger partial charge in [-0.15, -0.1) is 0 Å². The van der Waals surface area contributed by atoms with E-state index in [4.69, 9.17) is 11.6 Å². The number of rotatable bonds is 3. The third kappa shape index (κ3) is 3.34. The number of hydrogen-bond acceptors (Lipinski definition) is 3. The molecule has 0 bridgehead atoms. The first-order chi connectivity index (χ1) is 7.35. The first-order valence-electron chi connectivity index (χ1n) is 5.55. The molecule has 0 atom stereocenters. The lowest BCUT2D eigenvalue weighted by atomic mass is 9.96. The van der Waals surface area contributed by atoms with Crippen LogP contribution in [0.4, 0.5) is 5.82 Å². The van der Waals surface area contributed by atoms with Gasteiger partial charge in [0.05, 0.1) is 0 Å². The fourth-order valence-electron chi connectivity index (χ4n) is 1.80. The number of hydrogen-bond donors (Lipinski definition) is 0. The summed E-state index contributed by atoms with van der Waals surface area (Å²) in [6, 6.07) is 0. The summed E-state index contributed by atoms with van der Waals surface area (Å²) in [5.41, 5.74) is 1.26. The Morgan fingerprint density at radius 3 is 2.44 bits per heavy atom. The van der Waals surface area contributed by atoms with Gasteiger partial charge in [0.25, 0.3) is 0 Å². The molecular formula is C12H20ClN3. The van der Waals surface area contributed by atoms with Gasteiger partial charge in [-0.2, -0.15) is 0 Å².